The molecule has 0 aliphatic carbocycles. The first kappa shape index (κ1) is 24.8. The van der Waals surface area contributed by atoms with Crippen LogP contribution in [-0.4, -0.2) is 35.0 Å². The Kier molecular flexibility index (Phi) is 24.4. The van der Waals surface area contributed by atoms with E-state index in [4.69, 9.17) is 22.4 Å². The van der Waals surface area contributed by atoms with E-state index in [1.54, 1.807) is 0 Å². The molecule has 70 valence electrons. The Hall–Kier alpha value is 2.73. The molecule has 0 fully saturated rings. The summed E-state index contributed by atoms with van der Waals surface area (Å²) in [6, 6.07) is 0. The Morgan fingerprint density at radius 2 is 1.23 bits per heavy atom. The van der Waals surface area contributed by atoms with Crippen molar-refractivity contribution in [1.29, 1.82) is 0 Å². The molecule has 0 bridgehead atoms. The third-order valence-electron chi connectivity index (χ3n) is 0.180. The summed E-state index contributed by atoms with van der Waals surface area (Å²) in [6.07, 6.45) is 0. The summed E-state index contributed by atoms with van der Waals surface area (Å²) in [5, 5.41) is 0. The van der Waals surface area contributed by atoms with E-state index in [9.17, 15) is 12.6 Å². The minimum atomic E-state index is -4.71. The van der Waals surface area contributed by atoms with Gasteiger partial charge in [0.25, 0.3) is 0 Å². The molecule has 1 unspecified atom stereocenters. The largest absolute Gasteiger partial charge is 1.00 e. The predicted octanol–water partition coefficient (Wildman–Crippen LogP) is -7.99. The maximum atomic E-state index is 9.34. The van der Waals surface area contributed by atoms with E-state index in [0.29, 0.717) is 0 Å². The fraction of sp³-hybridized carbons (Fsp3) is 0. The fourth-order valence-electron chi connectivity index (χ4n) is 0. The van der Waals surface area contributed by atoms with Gasteiger partial charge >= 0.3 is 100 Å². The topological polar surface area (TPSA) is 155 Å². The van der Waals surface area contributed by atoms with E-state index in [2.05, 4.69) is 0 Å². The minimum Gasteiger partial charge on any atom is -0.784 e. The van der Waals surface area contributed by atoms with Gasteiger partial charge in [-0.25, -0.2) is 4.21 Å². The number of hydrogen-bond donors (Lipinski definition) is 2. The summed E-state index contributed by atoms with van der Waals surface area (Å²) in [7, 11) is -7.87. The number of rotatable bonds is 1. The third-order valence-corrected chi connectivity index (χ3v) is 1.62. The van der Waals surface area contributed by atoms with Crippen molar-refractivity contribution in [1.82, 2.24) is 0 Å². The van der Waals surface area contributed by atoms with Crippen LogP contribution in [0.2, 0.25) is 0 Å². The molecule has 0 aromatic heterocycles. The molecular formula is H2KNaO8S3. The standard InChI is InChI=1S/K.Na.H2O5S2.H2O3S/c;;1-6(2)7(3,4)5;1-4(2)3/h;;(H,1,2)(H,3,4,5);(H2,1,2,3)/q2*+1;;/p-2. The van der Waals surface area contributed by atoms with Crippen LogP contribution in [0.15, 0.2) is 0 Å². The van der Waals surface area contributed by atoms with Gasteiger partial charge in [0.05, 0.1) is 0 Å². The van der Waals surface area contributed by atoms with E-state index >= 15 is 0 Å². The van der Waals surface area contributed by atoms with Crippen LogP contribution in [0.25, 0.3) is 0 Å². The summed E-state index contributed by atoms with van der Waals surface area (Å²) in [5.74, 6) is 0. The van der Waals surface area contributed by atoms with Crippen LogP contribution in [0, 0.1) is 0 Å². The summed E-state index contributed by atoms with van der Waals surface area (Å²) in [5.41, 5.74) is 0. The van der Waals surface area contributed by atoms with Crippen molar-refractivity contribution in [2.75, 3.05) is 0 Å². The van der Waals surface area contributed by atoms with Gasteiger partial charge in [-0.3, -0.25) is 13.3 Å². The van der Waals surface area contributed by atoms with Crippen molar-refractivity contribution >= 4 is 30.6 Å². The second-order valence-corrected chi connectivity index (χ2v) is 4.67. The van der Waals surface area contributed by atoms with Gasteiger partial charge in [-0.15, -0.1) is 11.4 Å². The molecular weight excluding hydrogens is 286 g/mol. The molecule has 0 aromatic carbocycles. The zero-order valence-electron chi connectivity index (χ0n) is 6.57. The zero-order chi connectivity index (χ0) is 9.65. The predicted molar refractivity (Wildman–Crippen MR) is 32.0 cm³/mol. The first-order valence-corrected chi connectivity index (χ1v) is 5.60. The van der Waals surface area contributed by atoms with Crippen LogP contribution >= 0.6 is 0 Å². The molecule has 0 aromatic rings. The maximum Gasteiger partial charge on any atom is 1.00 e. The Labute approximate surface area is 144 Å². The average Bonchev–Trinajstić information content (AvgIpc) is 1.59. The van der Waals surface area contributed by atoms with Crippen molar-refractivity contribution in [3.05, 3.63) is 0 Å². The van der Waals surface area contributed by atoms with Crippen LogP contribution in [0.5, 0.6) is 0 Å². The van der Waals surface area contributed by atoms with Gasteiger partial charge in [-0.1, -0.05) is 0 Å². The maximum absolute atomic E-state index is 9.34. The van der Waals surface area contributed by atoms with Gasteiger partial charge < -0.3 is 9.11 Å². The molecule has 0 spiro atoms. The quantitative estimate of drug-likeness (QED) is 0.208. The normalized spacial score (nSPS) is 11.5. The van der Waals surface area contributed by atoms with Crippen molar-refractivity contribution in [2.45, 2.75) is 0 Å². The van der Waals surface area contributed by atoms with Crippen LogP contribution < -0.4 is 80.9 Å². The first-order valence-electron chi connectivity index (χ1n) is 1.53. The Balaban J connectivity index is -0.0000000600. The van der Waals surface area contributed by atoms with Crippen LogP contribution in [-0.2, 0) is 30.6 Å². The Bertz CT molecular complexity index is 238. The van der Waals surface area contributed by atoms with Gasteiger partial charge in [-0.2, -0.15) is 8.42 Å². The smallest absolute Gasteiger partial charge is 0.784 e. The van der Waals surface area contributed by atoms with Crippen molar-refractivity contribution in [2.24, 2.45) is 0 Å². The van der Waals surface area contributed by atoms with Gasteiger partial charge in [0.15, 0.2) is 0 Å². The summed E-state index contributed by atoms with van der Waals surface area (Å²) < 4.78 is 68.3. The molecule has 0 saturated carbocycles. The summed E-state index contributed by atoms with van der Waals surface area (Å²) >= 11 is -3.11. The summed E-state index contributed by atoms with van der Waals surface area (Å²) in [4.78, 5) is 0. The second-order valence-electron chi connectivity index (χ2n) is 0.849. The van der Waals surface area contributed by atoms with Crippen LogP contribution in [0.4, 0.5) is 0 Å². The molecule has 2 N–H and O–H groups in total. The summed E-state index contributed by atoms with van der Waals surface area (Å²) in [6.45, 7) is 0. The molecule has 13 heavy (non-hydrogen) atoms. The molecule has 0 heterocycles. The second kappa shape index (κ2) is 12.8. The van der Waals surface area contributed by atoms with Crippen LogP contribution in [0.1, 0.15) is 0 Å². The zero-order valence-corrected chi connectivity index (χ0v) is 14.1. The molecule has 0 radical (unpaired) electrons. The van der Waals surface area contributed by atoms with Gasteiger partial charge in [0.2, 0.25) is 0 Å². The monoisotopic (exact) mass is 288 g/mol. The number of hydrogen-bond acceptors (Lipinski definition) is 6. The van der Waals surface area contributed by atoms with Crippen molar-refractivity contribution < 1.29 is 116 Å². The molecule has 0 saturated heterocycles. The van der Waals surface area contributed by atoms with Crippen molar-refractivity contribution in [3.8, 4) is 0 Å². The molecule has 1 atom stereocenters. The van der Waals surface area contributed by atoms with Crippen molar-refractivity contribution in [3.63, 3.8) is 0 Å². The minimum absolute atomic E-state index is 0. The fourth-order valence-corrected chi connectivity index (χ4v) is 0. The Morgan fingerprint density at radius 1 is 1.15 bits per heavy atom. The first-order chi connectivity index (χ1) is 4.68. The molecule has 0 aliphatic heterocycles. The van der Waals surface area contributed by atoms with Gasteiger partial charge in [-0.05, 0) is 0 Å². The van der Waals surface area contributed by atoms with E-state index in [-0.39, 0.29) is 80.9 Å². The molecule has 0 rings (SSSR count). The van der Waals surface area contributed by atoms with E-state index in [1.165, 1.54) is 0 Å². The molecule has 13 heteroatoms. The Morgan fingerprint density at radius 3 is 1.23 bits per heavy atom. The van der Waals surface area contributed by atoms with Crippen LogP contribution in [0.3, 0.4) is 0 Å². The van der Waals surface area contributed by atoms with E-state index in [1.807, 2.05) is 0 Å². The average molecular weight is 288 g/mol. The molecule has 0 amide bonds. The SMILES string of the molecule is O=S(O)S(=O)(=O)O.O=S([O-])[O-].[K+].[Na+]. The van der Waals surface area contributed by atoms with E-state index in [0.717, 1.165) is 0 Å². The van der Waals surface area contributed by atoms with Gasteiger partial charge in [0, 0.05) is 0 Å². The van der Waals surface area contributed by atoms with E-state index < -0.39 is 30.6 Å². The van der Waals surface area contributed by atoms with Gasteiger partial charge in [0.1, 0.15) is 0 Å². The third kappa shape index (κ3) is 31.3. The molecule has 0 aliphatic rings. The molecule has 8 nitrogen and oxygen atoms in total.